The Hall–Kier alpha value is -1.54. The summed E-state index contributed by atoms with van der Waals surface area (Å²) < 4.78 is 6.18. The van der Waals surface area contributed by atoms with E-state index in [2.05, 4.69) is 48.6 Å². The third-order valence-corrected chi connectivity index (χ3v) is 3.68. The molecule has 0 spiro atoms. The molecule has 1 N–H and O–H groups in total. The van der Waals surface area contributed by atoms with Gasteiger partial charge in [0.15, 0.2) is 0 Å². The number of hydrogen-bond donors (Lipinski definition) is 1. The lowest BCUT2D eigenvalue weighted by Gasteiger charge is -2.24. The quantitative estimate of drug-likeness (QED) is 0.871. The highest BCUT2D eigenvalue weighted by Gasteiger charge is 2.15. The number of fused-ring (bicyclic) bond motifs is 1. The molecule has 0 atom stereocenters. The lowest BCUT2D eigenvalue weighted by atomic mass is 10.0. The molecule has 0 saturated carbocycles. The Bertz CT molecular complexity index is 544. The molecule has 0 amide bonds. The zero-order valence-electron chi connectivity index (χ0n) is 10.8. The summed E-state index contributed by atoms with van der Waals surface area (Å²) in [6.45, 7) is 4.28. The van der Waals surface area contributed by atoms with E-state index in [-0.39, 0.29) is 0 Å². The number of rotatable bonds is 2. The summed E-state index contributed by atoms with van der Waals surface area (Å²) >= 11 is 0. The fourth-order valence-corrected chi connectivity index (χ4v) is 2.62. The molecule has 0 aliphatic carbocycles. The van der Waals surface area contributed by atoms with Crippen molar-refractivity contribution in [2.24, 2.45) is 0 Å². The van der Waals surface area contributed by atoms with Crippen LogP contribution in [0, 0.1) is 6.92 Å². The molecule has 1 aliphatic rings. The largest absolute Gasteiger partial charge is 0.490 e. The van der Waals surface area contributed by atoms with Gasteiger partial charge in [-0.3, -0.25) is 0 Å². The predicted octanol–water partition coefficient (Wildman–Crippen LogP) is 3.28. The minimum atomic E-state index is 0.359. The van der Waals surface area contributed by atoms with Crippen LogP contribution in [0.5, 0.6) is 5.75 Å². The normalized spacial score (nSPS) is 16.9. The van der Waals surface area contributed by atoms with E-state index < -0.39 is 0 Å². The van der Waals surface area contributed by atoms with Crippen LogP contribution in [0.3, 0.4) is 0 Å². The maximum Gasteiger partial charge on any atom is 0.127 e. The highest BCUT2D eigenvalue weighted by molar-refractivity contribution is 5.90. The minimum Gasteiger partial charge on any atom is -0.490 e. The first-order chi connectivity index (χ1) is 8.84. The van der Waals surface area contributed by atoms with Gasteiger partial charge >= 0.3 is 0 Å². The number of hydrogen-bond acceptors (Lipinski definition) is 2. The molecule has 94 valence electrons. The molecule has 2 heteroatoms. The fourth-order valence-electron chi connectivity index (χ4n) is 2.62. The van der Waals surface area contributed by atoms with E-state index in [0.717, 1.165) is 31.7 Å². The van der Waals surface area contributed by atoms with Crippen LogP contribution in [-0.2, 0) is 0 Å². The molecular weight excluding hydrogens is 222 g/mol. The van der Waals surface area contributed by atoms with Gasteiger partial charge in [0, 0.05) is 5.39 Å². The Morgan fingerprint density at radius 1 is 1.00 bits per heavy atom. The smallest absolute Gasteiger partial charge is 0.127 e. The van der Waals surface area contributed by atoms with Crippen molar-refractivity contribution in [3.8, 4) is 5.75 Å². The van der Waals surface area contributed by atoms with E-state index in [1.54, 1.807) is 0 Å². The zero-order valence-corrected chi connectivity index (χ0v) is 10.8. The van der Waals surface area contributed by atoms with Crippen molar-refractivity contribution in [3.05, 3.63) is 42.0 Å². The second-order valence-corrected chi connectivity index (χ2v) is 4.99. The minimum absolute atomic E-state index is 0.359. The maximum atomic E-state index is 6.18. The molecule has 18 heavy (non-hydrogen) atoms. The third kappa shape index (κ3) is 2.21. The molecular formula is C16H19NO. The average Bonchev–Trinajstić information content (AvgIpc) is 2.44. The molecule has 2 nitrogen and oxygen atoms in total. The second-order valence-electron chi connectivity index (χ2n) is 4.99. The third-order valence-electron chi connectivity index (χ3n) is 3.68. The molecule has 1 saturated heterocycles. The Morgan fingerprint density at radius 3 is 2.50 bits per heavy atom. The molecule has 1 heterocycles. The molecule has 0 radical (unpaired) electrons. The fraction of sp³-hybridized carbons (Fsp3) is 0.375. The van der Waals surface area contributed by atoms with Gasteiger partial charge in [0.25, 0.3) is 0 Å². The SMILES string of the molecule is Cc1ccc(OC2CCNCC2)c2ccccc12. The average molecular weight is 241 g/mol. The van der Waals surface area contributed by atoms with Crippen molar-refractivity contribution in [2.45, 2.75) is 25.9 Å². The van der Waals surface area contributed by atoms with Gasteiger partial charge in [-0.15, -0.1) is 0 Å². The summed E-state index contributed by atoms with van der Waals surface area (Å²) in [5, 5.41) is 5.89. The number of aryl methyl sites for hydroxylation is 1. The highest BCUT2D eigenvalue weighted by atomic mass is 16.5. The van der Waals surface area contributed by atoms with Gasteiger partial charge < -0.3 is 10.1 Å². The van der Waals surface area contributed by atoms with Crippen molar-refractivity contribution in [2.75, 3.05) is 13.1 Å². The van der Waals surface area contributed by atoms with Crippen LogP contribution in [0.1, 0.15) is 18.4 Å². The lowest BCUT2D eigenvalue weighted by molar-refractivity contribution is 0.164. The van der Waals surface area contributed by atoms with E-state index in [9.17, 15) is 0 Å². The van der Waals surface area contributed by atoms with Crippen molar-refractivity contribution in [3.63, 3.8) is 0 Å². The lowest BCUT2D eigenvalue weighted by Crippen LogP contribution is -2.34. The van der Waals surface area contributed by atoms with Gasteiger partial charge in [-0.05, 0) is 49.9 Å². The summed E-state index contributed by atoms with van der Waals surface area (Å²) in [7, 11) is 0. The zero-order chi connectivity index (χ0) is 12.4. The van der Waals surface area contributed by atoms with E-state index in [0.29, 0.717) is 6.10 Å². The van der Waals surface area contributed by atoms with Crippen LogP contribution in [0.2, 0.25) is 0 Å². The Labute approximate surface area is 108 Å². The molecule has 2 aromatic carbocycles. The topological polar surface area (TPSA) is 21.3 Å². The van der Waals surface area contributed by atoms with E-state index in [1.165, 1.54) is 16.3 Å². The molecule has 2 aromatic rings. The highest BCUT2D eigenvalue weighted by Crippen LogP contribution is 2.29. The Balaban J connectivity index is 1.94. The van der Waals surface area contributed by atoms with Crippen molar-refractivity contribution >= 4 is 10.8 Å². The van der Waals surface area contributed by atoms with Crippen LogP contribution in [0.15, 0.2) is 36.4 Å². The summed E-state index contributed by atoms with van der Waals surface area (Å²) in [4.78, 5) is 0. The number of piperidine rings is 1. The monoisotopic (exact) mass is 241 g/mol. The van der Waals surface area contributed by atoms with Crippen LogP contribution < -0.4 is 10.1 Å². The Morgan fingerprint density at radius 2 is 1.72 bits per heavy atom. The first kappa shape index (κ1) is 11.5. The molecule has 0 unspecified atom stereocenters. The molecule has 1 aliphatic heterocycles. The van der Waals surface area contributed by atoms with Gasteiger partial charge in [0.2, 0.25) is 0 Å². The van der Waals surface area contributed by atoms with Gasteiger partial charge in [-0.2, -0.15) is 0 Å². The van der Waals surface area contributed by atoms with Gasteiger partial charge in [0.05, 0.1) is 0 Å². The summed E-state index contributed by atoms with van der Waals surface area (Å²) in [6, 6.07) is 12.7. The van der Waals surface area contributed by atoms with Crippen molar-refractivity contribution in [1.29, 1.82) is 0 Å². The first-order valence-corrected chi connectivity index (χ1v) is 6.70. The summed E-state index contributed by atoms with van der Waals surface area (Å²) in [5.74, 6) is 1.03. The molecule has 3 rings (SSSR count). The van der Waals surface area contributed by atoms with E-state index in [4.69, 9.17) is 4.74 Å². The van der Waals surface area contributed by atoms with E-state index in [1.807, 2.05) is 0 Å². The van der Waals surface area contributed by atoms with Crippen LogP contribution >= 0.6 is 0 Å². The van der Waals surface area contributed by atoms with Gasteiger partial charge in [0.1, 0.15) is 11.9 Å². The van der Waals surface area contributed by atoms with Gasteiger partial charge in [-0.1, -0.05) is 30.3 Å². The Kier molecular flexibility index (Phi) is 3.20. The first-order valence-electron chi connectivity index (χ1n) is 6.70. The number of benzene rings is 2. The van der Waals surface area contributed by atoms with Crippen LogP contribution in [0.25, 0.3) is 10.8 Å². The molecule has 0 bridgehead atoms. The molecule has 0 aromatic heterocycles. The van der Waals surface area contributed by atoms with Crippen molar-refractivity contribution < 1.29 is 4.74 Å². The number of ether oxygens (including phenoxy) is 1. The summed E-state index contributed by atoms with van der Waals surface area (Å²) in [6.07, 6.45) is 2.56. The molecule has 1 fully saturated rings. The van der Waals surface area contributed by atoms with Crippen LogP contribution in [-0.4, -0.2) is 19.2 Å². The predicted molar refractivity (Wildman–Crippen MR) is 75.2 cm³/mol. The second kappa shape index (κ2) is 4.99. The number of nitrogens with one attached hydrogen (secondary N) is 1. The maximum absolute atomic E-state index is 6.18. The van der Waals surface area contributed by atoms with Crippen LogP contribution in [0.4, 0.5) is 0 Å². The standard InChI is InChI=1S/C16H19NO/c1-12-6-7-16(15-5-3-2-4-14(12)15)18-13-8-10-17-11-9-13/h2-7,13,17H,8-11H2,1H3. The van der Waals surface area contributed by atoms with Gasteiger partial charge in [-0.25, -0.2) is 0 Å². The van der Waals surface area contributed by atoms with Crippen molar-refractivity contribution in [1.82, 2.24) is 5.32 Å². The van der Waals surface area contributed by atoms with E-state index >= 15 is 0 Å². The summed E-state index contributed by atoms with van der Waals surface area (Å²) in [5.41, 5.74) is 1.31.